The molecular formula is C47H28N2S. The lowest BCUT2D eigenvalue weighted by Gasteiger charge is -2.30. The molecule has 50 heavy (non-hydrogen) atoms. The quantitative estimate of drug-likeness (QED) is 0.190. The van der Waals surface area contributed by atoms with Crippen molar-refractivity contribution in [1.29, 1.82) is 0 Å². The number of fused-ring (bicyclic) bond motifs is 12. The predicted molar refractivity (Wildman–Crippen MR) is 208 cm³/mol. The van der Waals surface area contributed by atoms with Crippen molar-refractivity contribution >= 4 is 32.5 Å². The van der Waals surface area contributed by atoms with Crippen LogP contribution in [0.1, 0.15) is 22.3 Å². The van der Waals surface area contributed by atoms with E-state index in [-0.39, 0.29) is 5.41 Å². The zero-order valence-electron chi connectivity index (χ0n) is 27.0. The second kappa shape index (κ2) is 10.4. The van der Waals surface area contributed by atoms with E-state index in [1.807, 2.05) is 0 Å². The van der Waals surface area contributed by atoms with E-state index in [0.717, 1.165) is 32.2 Å². The molecule has 2 aromatic heterocycles. The van der Waals surface area contributed by atoms with E-state index < -0.39 is 0 Å². The number of hydrogen-bond donors (Lipinski definition) is 0. The molecule has 1 spiro atoms. The molecule has 0 atom stereocenters. The first kappa shape index (κ1) is 27.8. The maximum Gasteiger partial charge on any atom is 0.144 e. The van der Waals surface area contributed by atoms with Gasteiger partial charge >= 0.3 is 0 Å². The van der Waals surface area contributed by atoms with Gasteiger partial charge in [-0.25, -0.2) is 9.97 Å². The van der Waals surface area contributed by atoms with Crippen LogP contribution in [-0.2, 0) is 5.41 Å². The maximum absolute atomic E-state index is 5.23. The fourth-order valence-corrected chi connectivity index (χ4v) is 9.57. The van der Waals surface area contributed by atoms with Crippen LogP contribution in [-0.4, -0.2) is 9.97 Å². The summed E-state index contributed by atoms with van der Waals surface area (Å²) in [6, 6.07) is 61.9. The molecule has 0 amide bonds. The smallest absolute Gasteiger partial charge is 0.144 e. The van der Waals surface area contributed by atoms with Crippen LogP contribution in [0.4, 0.5) is 0 Å². The Morgan fingerprint density at radius 1 is 0.400 bits per heavy atom. The molecule has 2 aliphatic rings. The number of hydrogen-bond acceptors (Lipinski definition) is 3. The van der Waals surface area contributed by atoms with Gasteiger partial charge in [-0.05, 0) is 84.6 Å². The van der Waals surface area contributed by atoms with Crippen molar-refractivity contribution in [1.82, 2.24) is 9.97 Å². The Bertz CT molecular complexity index is 2760. The summed E-state index contributed by atoms with van der Waals surface area (Å²) in [7, 11) is 0. The molecule has 0 fully saturated rings. The highest BCUT2D eigenvalue weighted by Gasteiger charge is 2.51. The molecule has 0 radical (unpaired) electrons. The van der Waals surface area contributed by atoms with Crippen LogP contribution in [0.15, 0.2) is 170 Å². The van der Waals surface area contributed by atoms with E-state index >= 15 is 0 Å². The molecule has 0 bridgehead atoms. The van der Waals surface area contributed by atoms with Crippen molar-refractivity contribution in [3.05, 3.63) is 192 Å². The first-order chi connectivity index (χ1) is 24.8. The summed E-state index contributed by atoms with van der Waals surface area (Å²) in [5, 5.41) is 3.50. The monoisotopic (exact) mass is 652 g/mol. The minimum atomic E-state index is -0.366. The van der Waals surface area contributed by atoms with E-state index in [1.54, 1.807) is 11.3 Å². The molecule has 11 rings (SSSR count). The Morgan fingerprint density at radius 2 is 0.960 bits per heavy atom. The van der Waals surface area contributed by atoms with Crippen LogP contribution in [0.25, 0.3) is 76.3 Å². The largest absolute Gasteiger partial charge is 0.235 e. The standard InChI is InChI=1S/C47H28N2S/c1-2-12-33-29(10-1)11-9-16-34(33)30-20-22-31(23-21-30)45-49-44-27-26-43(48-46(44)50-45)32-24-25-38-37-15-5-8-19-41(37)47(42(38)28-32)39-17-6-3-13-35(39)36-14-4-7-18-40(36)47/h1-28H. The first-order valence-electron chi connectivity index (χ1n) is 17.1. The summed E-state index contributed by atoms with van der Waals surface area (Å²) in [5.74, 6) is 0. The molecule has 0 saturated heterocycles. The third-order valence-electron chi connectivity index (χ3n) is 10.8. The van der Waals surface area contributed by atoms with Crippen LogP contribution in [0, 0.1) is 0 Å². The van der Waals surface area contributed by atoms with Gasteiger partial charge in [0.05, 0.1) is 11.1 Å². The van der Waals surface area contributed by atoms with Crippen molar-refractivity contribution in [2.24, 2.45) is 0 Å². The van der Waals surface area contributed by atoms with Gasteiger partial charge in [0.2, 0.25) is 0 Å². The van der Waals surface area contributed by atoms with Gasteiger partial charge in [-0.2, -0.15) is 0 Å². The average Bonchev–Trinajstić information content (AvgIpc) is 3.84. The van der Waals surface area contributed by atoms with E-state index in [0.29, 0.717) is 0 Å². The normalized spacial score (nSPS) is 13.4. The highest BCUT2D eigenvalue weighted by atomic mass is 32.1. The molecule has 9 aromatic rings. The molecule has 2 nitrogen and oxygen atoms in total. The molecular weight excluding hydrogens is 625 g/mol. The van der Waals surface area contributed by atoms with Crippen molar-refractivity contribution in [3.63, 3.8) is 0 Å². The zero-order valence-corrected chi connectivity index (χ0v) is 27.8. The van der Waals surface area contributed by atoms with Gasteiger partial charge in [-0.1, -0.05) is 163 Å². The van der Waals surface area contributed by atoms with Crippen molar-refractivity contribution in [3.8, 4) is 55.2 Å². The molecule has 3 heteroatoms. The molecule has 0 N–H and O–H groups in total. The summed E-state index contributed by atoms with van der Waals surface area (Å²) in [5.41, 5.74) is 16.8. The van der Waals surface area contributed by atoms with Gasteiger partial charge in [0.15, 0.2) is 0 Å². The molecule has 7 aromatic carbocycles. The predicted octanol–water partition coefficient (Wildman–Crippen LogP) is 12.2. The average molecular weight is 653 g/mol. The maximum atomic E-state index is 5.23. The van der Waals surface area contributed by atoms with Crippen LogP contribution in [0.3, 0.4) is 0 Å². The number of thiazole rings is 1. The third kappa shape index (κ3) is 3.78. The Balaban J connectivity index is 1.01. The van der Waals surface area contributed by atoms with Crippen LogP contribution in [0.5, 0.6) is 0 Å². The van der Waals surface area contributed by atoms with Crippen molar-refractivity contribution in [2.75, 3.05) is 0 Å². The van der Waals surface area contributed by atoms with Gasteiger partial charge < -0.3 is 0 Å². The highest BCUT2D eigenvalue weighted by molar-refractivity contribution is 7.21. The van der Waals surface area contributed by atoms with Gasteiger partial charge in [0, 0.05) is 11.1 Å². The van der Waals surface area contributed by atoms with Gasteiger partial charge in [-0.15, -0.1) is 0 Å². The Hall–Kier alpha value is -6.16. The second-order valence-electron chi connectivity index (χ2n) is 13.3. The zero-order chi connectivity index (χ0) is 32.8. The Labute approximate surface area is 294 Å². The third-order valence-corrected chi connectivity index (χ3v) is 11.8. The topological polar surface area (TPSA) is 25.8 Å². The van der Waals surface area contributed by atoms with Crippen LogP contribution >= 0.6 is 11.3 Å². The Morgan fingerprint density at radius 3 is 1.68 bits per heavy atom. The van der Waals surface area contributed by atoms with Gasteiger partial charge in [0.25, 0.3) is 0 Å². The molecule has 232 valence electrons. The minimum absolute atomic E-state index is 0.366. The van der Waals surface area contributed by atoms with Crippen molar-refractivity contribution in [2.45, 2.75) is 5.41 Å². The summed E-state index contributed by atoms with van der Waals surface area (Å²) < 4.78 is 0. The summed E-state index contributed by atoms with van der Waals surface area (Å²) in [6.45, 7) is 0. The number of benzene rings is 7. The second-order valence-corrected chi connectivity index (χ2v) is 14.3. The lowest BCUT2D eigenvalue weighted by Crippen LogP contribution is -2.25. The fraction of sp³-hybridized carbons (Fsp3) is 0.0213. The van der Waals surface area contributed by atoms with E-state index in [4.69, 9.17) is 9.97 Å². The highest BCUT2D eigenvalue weighted by Crippen LogP contribution is 2.63. The SMILES string of the molecule is c1ccc2c(c1)-c1ccccc1C21c2ccccc2-c2ccc(-c3ccc4nc(-c5ccc(-c6cccc7ccccc67)cc5)sc4n3)cc21. The summed E-state index contributed by atoms with van der Waals surface area (Å²) >= 11 is 1.66. The molecule has 0 saturated carbocycles. The van der Waals surface area contributed by atoms with E-state index in [1.165, 1.54) is 66.4 Å². The summed E-state index contributed by atoms with van der Waals surface area (Å²) in [6.07, 6.45) is 0. The number of aromatic nitrogens is 2. The molecule has 0 unspecified atom stereocenters. The van der Waals surface area contributed by atoms with Gasteiger partial charge in [0.1, 0.15) is 15.4 Å². The number of nitrogens with zero attached hydrogens (tertiary/aromatic N) is 2. The fourth-order valence-electron chi connectivity index (χ4n) is 8.63. The van der Waals surface area contributed by atoms with Crippen molar-refractivity contribution < 1.29 is 0 Å². The lowest BCUT2D eigenvalue weighted by molar-refractivity contribution is 0.794. The number of pyridine rings is 1. The summed E-state index contributed by atoms with van der Waals surface area (Å²) in [4.78, 5) is 11.2. The Kier molecular flexibility index (Phi) is 5.78. The van der Waals surface area contributed by atoms with Crippen LogP contribution in [0.2, 0.25) is 0 Å². The molecule has 2 aliphatic carbocycles. The van der Waals surface area contributed by atoms with Crippen LogP contribution < -0.4 is 0 Å². The molecule has 0 aliphatic heterocycles. The van der Waals surface area contributed by atoms with E-state index in [9.17, 15) is 0 Å². The van der Waals surface area contributed by atoms with E-state index in [2.05, 4.69) is 170 Å². The first-order valence-corrected chi connectivity index (χ1v) is 17.9. The molecule has 2 heterocycles. The lowest BCUT2D eigenvalue weighted by atomic mass is 9.70. The number of rotatable bonds is 3. The van der Waals surface area contributed by atoms with Gasteiger partial charge in [-0.3, -0.25) is 0 Å². The minimum Gasteiger partial charge on any atom is -0.235 e.